The van der Waals surface area contributed by atoms with E-state index in [0.29, 0.717) is 31.9 Å². The van der Waals surface area contributed by atoms with Gasteiger partial charge in [0.2, 0.25) is 0 Å². The Bertz CT molecular complexity index is 1780. The van der Waals surface area contributed by atoms with Gasteiger partial charge in [-0.05, 0) is 78.9 Å². The Morgan fingerprint density at radius 2 is 1.64 bits per heavy atom. The quantitative estimate of drug-likeness (QED) is 0.193. The zero-order chi connectivity index (χ0) is 31.1. The lowest BCUT2D eigenvalue weighted by Crippen LogP contribution is -2.53. The first-order chi connectivity index (χ1) is 21.0. The Hall–Kier alpha value is -4.06. The van der Waals surface area contributed by atoms with E-state index in [-0.39, 0.29) is 23.7 Å². The SMILES string of the molecule is O=C1C2CC=C3C(CC4C(=O)N(Nc5ccc(F)cc5)C(=O)C4(c4ccc(Cl)cc4)C3c3cc(Br)ccc3O)C2C(=O)N1O. The summed E-state index contributed by atoms with van der Waals surface area (Å²) in [6, 6.07) is 16.6. The van der Waals surface area contributed by atoms with Crippen molar-refractivity contribution < 1.29 is 33.9 Å². The maximum absolute atomic E-state index is 14.9. The summed E-state index contributed by atoms with van der Waals surface area (Å²) in [6.07, 6.45) is 1.95. The molecule has 4 aliphatic rings. The van der Waals surface area contributed by atoms with Gasteiger partial charge in [-0.1, -0.05) is 51.3 Å². The number of hydrogen-bond donors (Lipinski definition) is 3. The second-order valence-corrected chi connectivity index (χ2v) is 12.9. The molecule has 12 heteroatoms. The lowest BCUT2D eigenvalue weighted by atomic mass is 9.49. The first-order valence-electron chi connectivity index (χ1n) is 14.0. The molecule has 0 aromatic heterocycles. The minimum Gasteiger partial charge on any atom is -0.508 e. The number of imide groups is 2. The van der Waals surface area contributed by atoms with Gasteiger partial charge < -0.3 is 5.11 Å². The van der Waals surface area contributed by atoms with Crippen molar-refractivity contribution >= 4 is 56.8 Å². The standard InChI is InChI=1S/C32H24BrClFN3O6/c33-16-3-12-25(39)23(13-16)27-20-10-11-21-26(30(42)38(44)28(21)40)22(20)14-24-29(41)37(36-19-8-6-18(35)7-9-19)31(43)32(24,27)15-1-4-17(34)5-2-15/h1-10,12-13,21-22,24,26-27,36,39,44H,11,14H2. The number of nitrogens with zero attached hydrogens (tertiary/aromatic N) is 2. The van der Waals surface area contributed by atoms with Crippen LogP contribution >= 0.6 is 27.5 Å². The molecule has 2 aliphatic carbocycles. The zero-order valence-electron chi connectivity index (χ0n) is 22.8. The fraction of sp³-hybridized carbons (Fsp3) is 0.250. The molecule has 6 unspecified atom stereocenters. The number of aromatic hydroxyl groups is 1. The molecule has 7 rings (SSSR count). The van der Waals surface area contributed by atoms with E-state index in [1.54, 1.807) is 36.4 Å². The van der Waals surface area contributed by atoms with Crippen LogP contribution in [0.3, 0.4) is 0 Å². The fourth-order valence-electron chi connectivity index (χ4n) is 7.74. The number of hydrazine groups is 1. The molecule has 2 heterocycles. The first kappa shape index (κ1) is 28.7. The summed E-state index contributed by atoms with van der Waals surface area (Å²) in [5.41, 5.74) is 2.97. The van der Waals surface area contributed by atoms with Gasteiger partial charge in [0.25, 0.3) is 23.6 Å². The molecule has 2 aliphatic heterocycles. The number of fused-ring (bicyclic) bond motifs is 4. The normalized spacial score (nSPS) is 29.4. The average Bonchev–Trinajstić information content (AvgIpc) is 3.36. The monoisotopic (exact) mass is 679 g/mol. The van der Waals surface area contributed by atoms with E-state index in [4.69, 9.17) is 11.6 Å². The Labute approximate surface area is 264 Å². The lowest BCUT2D eigenvalue weighted by Gasteiger charge is -2.50. The Morgan fingerprint density at radius 1 is 0.932 bits per heavy atom. The van der Waals surface area contributed by atoms with Crippen LogP contribution in [0.4, 0.5) is 10.1 Å². The molecule has 6 atom stereocenters. The van der Waals surface area contributed by atoms with Crippen molar-refractivity contribution in [1.82, 2.24) is 10.1 Å². The summed E-state index contributed by atoms with van der Waals surface area (Å²) in [4.78, 5) is 55.4. The van der Waals surface area contributed by atoms with Gasteiger partial charge in [0, 0.05) is 21.0 Å². The summed E-state index contributed by atoms with van der Waals surface area (Å²) in [5, 5.41) is 23.1. The van der Waals surface area contributed by atoms with Crippen molar-refractivity contribution in [2.45, 2.75) is 24.2 Å². The molecule has 1 saturated carbocycles. The van der Waals surface area contributed by atoms with Gasteiger partial charge in [-0.25, -0.2) is 4.39 Å². The number of phenolic OH excluding ortho intramolecular Hbond substituents is 1. The van der Waals surface area contributed by atoms with Crippen molar-refractivity contribution in [3.8, 4) is 5.75 Å². The van der Waals surface area contributed by atoms with Gasteiger partial charge in [0.15, 0.2) is 0 Å². The van der Waals surface area contributed by atoms with E-state index in [1.165, 1.54) is 30.3 Å². The van der Waals surface area contributed by atoms with Crippen molar-refractivity contribution in [3.05, 3.63) is 105 Å². The third-order valence-electron chi connectivity index (χ3n) is 9.53. The minimum atomic E-state index is -1.62. The van der Waals surface area contributed by atoms with Gasteiger partial charge in [0.1, 0.15) is 11.6 Å². The topological polar surface area (TPSA) is 127 Å². The number of phenols is 1. The smallest absolute Gasteiger partial charge is 0.260 e. The second-order valence-electron chi connectivity index (χ2n) is 11.6. The highest BCUT2D eigenvalue weighted by atomic mass is 79.9. The van der Waals surface area contributed by atoms with E-state index < -0.39 is 64.5 Å². The van der Waals surface area contributed by atoms with Crippen LogP contribution in [-0.4, -0.2) is 44.0 Å². The van der Waals surface area contributed by atoms with Crippen LogP contribution in [0.15, 0.2) is 82.9 Å². The Balaban J connectivity index is 1.49. The van der Waals surface area contributed by atoms with E-state index in [9.17, 15) is 33.9 Å². The highest BCUT2D eigenvalue weighted by Gasteiger charge is 2.70. The number of hydrogen-bond acceptors (Lipinski definition) is 7. The van der Waals surface area contributed by atoms with Crippen LogP contribution in [0.2, 0.25) is 5.02 Å². The van der Waals surface area contributed by atoms with E-state index >= 15 is 0 Å². The predicted molar refractivity (Wildman–Crippen MR) is 158 cm³/mol. The van der Waals surface area contributed by atoms with Crippen LogP contribution in [0.1, 0.15) is 29.9 Å². The molecule has 44 heavy (non-hydrogen) atoms. The lowest BCUT2D eigenvalue weighted by molar-refractivity contribution is -0.173. The number of rotatable bonds is 4. The van der Waals surface area contributed by atoms with Crippen LogP contribution < -0.4 is 5.43 Å². The van der Waals surface area contributed by atoms with Crippen LogP contribution in [0.5, 0.6) is 5.75 Å². The molecular weight excluding hydrogens is 657 g/mol. The van der Waals surface area contributed by atoms with Crippen LogP contribution in [0, 0.1) is 29.5 Å². The molecule has 224 valence electrons. The summed E-state index contributed by atoms with van der Waals surface area (Å²) in [6.45, 7) is 0. The average molecular weight is 681 g/mol. The number of carbonyl (C=O) groups excluding carboxylic acids is 4. The molecule has 3 aromatic rings. The molecule has 2 saturated heterocycles. The third-order valence-corrected chi connectivity index (χ3v) is 10.3. The van der Waals surface area contributed by atoms with Crippen molar-refractivity contribution in [2.75, 3.05) is 5.43 Å². The Kier molecular flexibility index (Phi) is 6.69. The molecule has 0 spiro atoms. The number of anilines is 1. The van der Waals surface area contributed by atoms with Crippen molar-refractivity contribution in [1.29, 1.82) is 0 Å². The maximum atomic E-state index is 14.9. The highest BCUT2D eigenvalue weighted by Crippen LogP contribution is 2.65. The summed E-state index contributed by atoms with van der Waals surface area (Å²) in [7, 11) is 0. The molecule has 4 amide bonds. The van der Waals surface area contributed by atoms with Crippen LogP contribution in [-0.2, 0) is 24.6 Å². The second kappa shape index (κ2) is 10.3. The molecule has 3 fully saturated rings. The summed E-state index contributed by atoms with van der Waals surface area (Å²) < 4.78 is 14.3. The molecule has 0 bridgehead atoms. The van der Waals surface area contributed by atoms with Crippen LogP contribution in [0.25, 0.3) is 0 Å². The zero-order valence-corrected chi connectivity index (χ0v) is 25.1. The van der Waals surface area contributed by atoms with E-state index in [2.05, 4.69) is 21.4 Å². The first-order valence-corrected chi connectivity index (χ1v) is 15.1. The van der Waals surface area contributed by atoms with Gasteiger partial charge >= 0.3 is 0 Å². The van der Waals surface area contributed by atoms with E-state index in [0.717, 1.165) is 5.01 Å². The van der Waals surface area contributed by atoms with Gasteiger partial charge in [-0.15, -0.1) is 0 Å². The number of hydroxylamine groups is 2. The van der Waals surface area contributed by atoms with Crippen molar-refractivity contribution in [2.24, 2.45) is 23.7 Å². The number of nitrogens with one attached hydrogen (secondary N) is 1. The number of amides is 4. The predicted octanol–water partition coefficient (Wildman–Crippen LogP) is 5.32. The summed E-state index contributed by atoms with van der Waals surface area (Å²) >= 11 is 9.73. The molecule has 9 nitrogen and oxygen atoms in total. The molecular formula is C32H24BrClFN3O6. The molecule has 0 radical (unpaired) electrons. The Morgan fingerprint density at radius 3 is 2.34 bits per heavy atom. The number of allylic oxidation sites excluding steroid dienone is 2. The maximum Gasteiger partial charge on any atom is 0.260 e. The number of benzene rings is 3. The van der Waals surface area contributed by atoms with Crippen molar-refractivity contribution in [3.63, 3.8) is 0 Å². The number of carbonyl (C=O) groups is 4. The highest BCUT2D eigenvalue weighted by molar-refractivity contribution is 9.10. The van der Waals surface area contributed by atoms with Gasteiger partial charge in [-0.2, -0.15) is 10.1 Å². The largest absolute Gasteiger partial charge is 0.508 e. The third kappa shape index (κ3) is 3.99. The fourth-order valence-corrected chi connectivity index (χ4v) is 8.24. The van der Waals surface area contributed by atoms with E-state index in [1.807, 2.05) is 6.08 Å². The molecule has 3 N–H and O–H groups in total. The number of halogens is 3. The van der Waals surface area contributed by atoms with Gasteiger partial charge in [-0.3, -0.25) is 29.8 Å². The minimum absolute atomic E-state index is 0.0138. The van der Waals surface area contributed by atoms with Gasteiger partial charge in [0.05, 0.1) is 28.9 Å². The molecule has 3 aromatic carbocycles. The summed E-state index contributed by atoms with van der Waals surface area (Å²) in [5.74, 6) is -7.78.